The van der Waals surface area contributed by atoms with Crippen LogP contribution in [0.2, 0.25) is 11.1 Å². The molecule has 0 aromatic carbocycles. The van der Waals surface area contributed by atoms with Gasteiger partial charge in [0.15, 0.2) is 15.2 Å². The number of hydrogen-bond donors (Lipinski definition) is 1. The van der Waals surface area contributed by atoms with Crippen molar-refractivity contribution in [3.05, 3.63) is 0 Å². The summed E-state index contributed by atoms with van der Waals surface area (Å²) < 4.78 is 8.46. The Morgan fingerprint density at radius 2 is 2.00 bits per heavy atom. The first-order valence-electron chi connectivity index (χ1n) is 2.08. The van der Waals surface area contributed by atoms with Crippen LogP contribution in [0, 0.1) is 0 Å². The van der Waals surface area contributed by atoms with Crippen molar-refractivity contribution < 1.29 is 9.46 Å². The zero-order valence-corrected chi connectivity index (χ0v) is 6.64. The number of rotatable bonds is 1. The van der Waals surface area contributed by atoms with Crippen LogP contribution >= 0.6 is 8.69 Å². The van der Waals surface area contributed by atoms with Gasteiger partial charge in [0, 0.05) is 0 Å². The first kappa shape index (κ1) is 10.6. The topological polar surface area (TPSA) is 37.3 Å². The lowest BCUT2D eigenvalue weighted by molar-refractivity contribution is 0.524. The Bertz CT molecular complexity index is 32.1. The van der Waals surface area contributed by atoms with E-state index in [9.17, 15) is 0 Å². The Morgan fingerprint density at radius 1 is 1.86 bits per heavy atom. The lowest BCUT2D eigenvalue weighted by Gasteiger charge is -1.62. The first-order valence-corrected chi connectivity index (χ1v) is 4.81. The highest BCUT2D eigenvalue weighted by Gasteiger charge is 1.63. The van der Waals surface area contributed by atoms with Crippen molar-refractivity contribution in [3.63, 3.8) is 0 Å². The summed E-state index contributed by atoms with van der Waals surface area (Å²) in [5.74, 6) is 2.26. The quantitative estimate of drug-likeness (QED) is 0.435. The summed E-state index contributed by atoms with van der Waals surface area (Å²) >= 11 is 0.782. The molecule has 0 unspecified atom stereocenters. The zero-order valence-electron chi connectivity index (χ0n) is 4.59. The lowest BCUT2D eigenvalue weighted by Crippen LogP contribution is -1.67. The average Bonchev–Trinajstić information content (AvgIpc) is 1.69. The molecule has 7 heavy (non-hydrogen) atoms. The first-order chi connectivity index (χ1) is 3.33. The van der Waals surface area contributed by atoms with Crippen LogP contribution in [0.3, 0.4) is 0 Å². The van der Waals surface area contributed by atoms with E-state index in [1.807, 2.05) is 0 Å². The molecule has 1 radical (unpaired) electrons. The molecule has 1 N–H and O–H groups in total. The SMILES string of the molecule is C[CH2][Al][CH3].O=PO. The predicted octanol–water partition coefficient (Wildman–Crippen LogP) is 1.36. The average molecular weight is 135 g/mol. The third-order valence-corrected chi connectivity index (χ3v) is 1.22. The van der Waals surface area contributed by atoms with E-state index in [2.05, 4.69) is 12.7 Å². The zero-order chi connectivity index (χ0) is 6.12. The molecule has 0 aromatic rings. The van der Waals surface area contributed by atoms with Gasteiger partial charge in [0.05, 0.1) is 0 Å². The molecule has 0 heterocycles. The third kappa shape index (κ3) is 54.8. The molecule has 0 bridgehead atoms. The van der Waals surface area contributed by atoms with E-state index in [1.165, 1.54) is 5.28 Å². The molecule has 0 spiro atoms. The summed E-state index contributed by atoms with van der Waals surface area (Å²) in [7, 11) is -0.833. The Hall–Kier alpha value is 0.592. The van der Waals surface area contributed by atoms with Gasteiger partial charge in [-0.15, -0.1) is 11.1 Å². The standard InChI is InChI=1S/C2H5.CH3.Al.HO2P/c1-2;;;1-3-2/h1H2,2H3;1H3;;(H,1,2). The van der Waals surface area contributed by atoms with Gasteiger partial charge < -0.3 is 4.89 Å². The van der Waals surface area contributed by atoms with Crippen LogP contribution in [-0.2, 0) is 4.57 Å². The van der Waals surface area contributed by atoms with Gasteiger partial charge in [-0.3, -0.25) is 0 Å². The minimum Gasteiger partial charge on any atom is -0.310 e. The van der Waals surface area contributed by atoms with Crippen LogP contribution < -0.4 is 0 Å². The largest absolute Gasteiger partial charge is 0.324 e. The van der Waals surface area contributed by atoms with Crippen LogP contribution in [0.15, 0.2) is 0 Å². The Balaban J connectivity index is 0. The molecule has 2 nitrogen and oxygen atoms in total. The molecule has 0 aliphatic rings. The second kappa shape index (κ2) is 16.0. The highest BCUT2D eigenvalue weighted by Crippen LogP contribution is 1.66. The van der Waals surface area contributed by atoms with E-state index in [0.717, 1.165) is 15.2 Å². The second-order valence-electron chi connectivity index (χ2n) is 0.898. The summed E-state index contributed by atoms with van der Waals surface area (Å²) in [6.07, 6.45) is 0. The molecule has 0 aromatic heterocycles. The molecule has 0 aliphatic heterocycles. The van der Waals surface area contributed by atoms with Crippen LogP contribution in [-0.4, -0.2) is 20.1 Å². The van der Waals surface area contributed by atoms with Crippen molar-refractivity contribution in [1.29, 1.82) is 0 Å². The molecule has 0 aliphatic carbocycles. The molecule has 0 fully saturated rings. The summed E-state index contributed by atoms with van der Waals surface area (Å²) in [4.78, 5) is 6.99. The van der Waals surface area contributed by atoms with Gasteiger partial charge in [-0.1, -0.05) is 6.92 Å². The molecule has 0 saturated carbocycles. The van der Waals surface area contributed by atoms with Crippen LogP contribution in [0.25, 0.3) is 0 Å². The summed E-state index contributed by atoms with van der Waals surface area (Å²) in [6.45, 7) is 2.22. The Labute approximate surface area is 51.9 Å². The van der Waals surface area contributed by atoms with Crippen molar-refractivity contribution >= 4 is 23.9 Å². The van der Waals surface area contributed by atoms with E-state index in [0.29, 0.717) is 0 Å². The monoisotopic (exact) mass is 135 g/mol. The van der Waals surface area contributed by atoms with Crippen LogP contribution in [0.5, 0.6) is 0 Å². The lowest BCUT2D eigenvalue weighted by atomic mass is 11.0. The van der Waals surface area contributed by atoms with Gasteiger partial charge in [0.1, 0.15) is 0 Å². The van der Waals surface area contributed by atoms with E-state index >= 15 is 0 Å². The Morgan fingerprint density at radius 3 is 2.00 bits per heavy atom. The number of hydrogen-bond acceptors (Lipinski definition) is 1. The molecule has 0 amide bonds. The molecule has 0 atom stereocenters. The molecule has 4 heteroatoms. The minimum absolute atomic E-state index is 0.782. The maximum atomic E-state index is 8.46. The van der Waals surface area contributed by atoms with Crippen molar-refractivity contribution in [2.75, 3.05) is 0 Å². The fourth-order valence-electron chi connectivity index (χ4n) is 0. The highest BCUT2D eigenvalue weighted by atomic mass is 31.1. The highest BCUT2D eigenvalue weighted by molar-refractivity contribution is 7.16. The van der Waals surface area contributed by atoms with E-state index in [4.69, 9.17) is 9.46 Å². The van der Waals surface area contributed by atoms with E-state index in [-0.39, 0.29) is 0 Å². The smallest absolute Gasteiger partial charge is 0.310 e. The second-order valence-corrected chi connectivity index (χ2v) is 2.69. The van der Waals surface area contributed by atoms with Crippen molar-refractivity contribution in [3.8, 4) is 0 Å². The van der Waals surface area contributed by atoms with Gasteiger partial charge in [0.25, 0.3) is 0 Å². The molecular formula is C3H9AlO2P. The van der Waals surface area contributed by atoms with Gasteiger partial charge in [-0.25, -0.2) is 4.57 Å². The van der Waals surface area contributed by atoms with E-state index < -0.39 is 8.69 Å². The van der Waals surface area contributed by atoms with Crippen molar-refractivity contribution in [1.82, 2.24) is 0 Å². The van der Waals surface area contributed by atoms with Gasteiger partial charge >= 0.3 is 8.69 Å². The fraction of sp³-hybridized carbons (Fsp3) is 1.00. The van der Waals surface area contributed by atoms with E-state index in [1.54, 1.807) is 0 Å². The summed E-state index contributed by atoms with van der Waals surface area (Å²) in [6, 6.07) is 0. The Kier molecular flexibility index (Phi) is 24.1. The normalized spacial score (nSPS) is 6.71. The van der Waals surface area contributed by atoms with Crippen LogP contribution in [0.1, 0.15) is 6.92 Å². The van der Waals surface area contributed by atoms with Crippen molar-refractivity contribution in [2.24, 2.45) is 0 Å². The predicted molar refractivity (Wildman–Crippen MR) is 31.9 cm³/mol. The third-order valence-electron chi connectivity index (χ3n) is 0.408. The minimum atomic E-state index is -0.833. The maximum Gasteiger partial charge on any atom is 0.324 e. The van der Waals surface area contributed by atoms with Crippen molar-refractivity contribution in [2.45, 2.75) is 18.0 Å². The molecule has 0 saturated heterocycles. The molecule has 0 rings (SSSR count). The fourth-order valence-corrected chi connectivity index (χ4v) is 0. The summed E-state index contributed by atoms with van der Waals surface area (Å²) in [5, 5.41) is 1.40. The summed E-state index contributed by atoms with van der Waals surface area (Å²) in [5.41, 5.74) is 0. The molecule has 41 valence electrons. The van der Waals surface area contributed by atoms with Gasteiger partial charge in [-0.2, -0.15) is 0 Å². The maximum absolute atomic E-state index is 8.46. The molecular weight excluding hydrogens is 126 g/mol. The van der Waals surface area contributed by atoms with Crippen LogP contribution in [0.4, 0.5) is 0 Å². The van der Waals surface area contributed by atoms with Gasteiger partial charge in [-0.05, 0) is 0 Å². The van der Waals surface area contributed by atoms with Gasteiger partial charge in [0.2, 0.25) is 0 Å².